The first-order chi connectivity index (χ1) is 8.45. The molecule has 0 unspecified atom stereocenters. The Balaban J connectivity index is 1.51. The molecule has 1 aromatic rings. The van der Waals surface area contributed by atoms with Gasteiger partial charge in [0, 0.05) is 0 Å². The van der Waals surface area contributed by atoms with Crippen LogP contribution in [0.3, 0.4) is 0 Å². The van der Waals surface area contributed by atoms with Crippen LogP contribution < -0.4 is 5.32 Å². The van der Waals surface area contributed by atoms with E-state index in [1.807, 2.05) is 0 Å². The normalized spacial score (nSPS) is 17.2. The molecule has 2 rings (SSSR count). The van der Waals surface area contributed by atoms with Crippen LogP contribution in [0, 0.1) is 5.92 Å². The van der Waals surface area contributed by atoms with Crippen molar-refractivity contribution < 1.29 is 0 Å². The smallest absolute Gasteiger partial charge is 0.00205 e. The zero-order chi connectivity index (χ0) is 11.8. The van der Waals surface area contributed by atoms with Crippen molar-refractivity contribution in [2.45, 2.75) is 44.9 Å². The maximum absolute atomic E-state index is 3.63. The summed E-state index contributed by atoms with van der Waals surface area (Å²) in [5, 5.41) is 3.63. The number of benzene rings is 1. The van der Waals surface area contributed by atoms with Crippen LogP contribution in [0.5, 0.6) is 0 Å². The standard InChI is InChI=1S/C16H25N/c1-3-8-15(9-4-1)12-7-13-17-14-16-10-5-2-6-11-16/h1,3-4,8-9,16-17H,2,5-7,10-14H2. The number of rotatable bonds is 6. The average molecular weight is 231 g/mol. The van der Waals surface area contributed by atoms with Crippen molar-refractivity contribution in [2.75, 3.05) is 13.1 Å². The third-order valence-electron chi connectivity index (χ3n) is 3.82. The molecule has 0 radical (unpaired) electrons. The maximum Gasteiger partial charge on any atom is -0.00205 e. The van der Waals surface area contributed by atoms with E-state index < -0.39 is 0 Å². The van der Waals surface area contributed by atoms with Gasteiger partial charge in [-0.1, -0.05) is 49.6 Å². The highest BCUT2D eigenvalue weighted by Gasteiger charge is 2.12. The van der Waals surface area contributed by atoms with Gasteiger partial charge < -0.3 is 5.32 Å². The molecule has 17 heavy (non-hydrogen) atoms. The molecule has 0 aromatic heterocycles. The largest absolute Gasteiger partial charge is 0.316 e. The molecule has 1 nitrogen and oxygen atoms in total. The van der Waals surface area contributed by atoms with Crippen molar-refractivity contribution in [3.05, 3.63) is 35.9 Å². The lowest BCUT2D eigenvalue weighted by Gasteiger charge is -2.21. The number of hydrogen-bond donors (Lipinski definition) is 1. The molecular formula is C16H25N. The summed E-state index contributed by atoms with van der Waals surface area (Å²) in [6.07, 6.45) is 9.74. The highest BCUT2D eigenvalue weighted by atomic mass is 14.9. The fourth-order valence-electron chi connectivity index (χ4n) is 2.76. The van der Waals surface area contributed by atoms with E-state index in [0.717, 1.165) is 5.92 Å². The summed E-state index contributed by atoms with van der Waals surface area (Å²) in [5.74, 6) is 0.959. The monoisotopic (exact) mass is 231 g/mol. The van der Waals surface area contributed by atoms with E-state index in [0.29, 0.717) is 0 Å². The minimum atomic E-state index is 0.959. The molecule has 1 fully saturated rings. The molecule has 1 aliphatic carbocycles. The van der Waals surface area contributed by atoms with Crippen LogP contribution in [0.4, 0.5) is 0 Å². The summed E-state index contributed by atoms with van der Waals surface area (Å²) >= 11 is 0. The van der Waals surface area contributed by atoms with E-state index in [1.165, 1.54) is 63.6 Å². The SMILES string of the molecule is c1ccc(CCCNCC2CCCCC2)cc1. The molecule has 0 atom stereocenters. The van der Waals surface area contributed by atoms with Gasteiger partial charge in [0.2, 0.25) is 0 Å². The van der Waals surface area contributed by atoms with Crippen molar-refractivity contribution in [2.24, 2.45) is 5.92 Å². The molecule has 1 saturated carbocycles. The topological polar surface area (TPSA) is 12.0 Å². The zero-order valence-electron chi connectivity index (χ0n) is 10.8. The maximum atomic E-state index is 3.63. The molecule has 0 saturated heterocycles. The molecule has 94 valence electrons. The predicted octanol–water partition coefficient (Wildman–Crippen LogP) is 3.79. The summed E-state index contributed by atoms with van der Waals surface area (Å²) in [7, 11) is 0. The lowest BCUT2D eigenvalue weighted by Crippen LogP contribution is -2.25. The van der Waals surface area contributed by atoms with Crippen LogP contribution in [0.1, 0.15) is 44.1 Å². The van der Waals surface area contributed by atoms with Crippen LogP contribution in [0.25, 0.3) is 0 Å². The van der Waals surface area contributed by atoms with E-state index in [1.54, 1.807) is 0 Å². The van der Waals surface area contributed by atoms with Gasteiger partial charge in [0.25, 0.3) is 0 Å². The highest BCUT2D eigenvalue weighted by Crippen LogP contribution is 2.22. The van der Waals surface area contributed by atoms with Gasteiger partial charge in [-0.2, -0.15) is 0 Å². The van der Waals surface area contributed by atoms with Crippen LogP contribution in [-0.4, -0.2) is 13.1 Å². The molecule has 0 bridgehead atoms. The summed E-state index contributed by atoms with van der Waals surface area (Å²) < 4.78 is 0. The number of nitrogens with one attached hydrogen (secondary N) is 1. The van der Waals surface area contributed by atoms with Crippen molar-refractivity contribution in [3.8, 4) is 0 Å². The van der Waals surface area contributed by atoms with Crippen LogP contribution in [0.2, 0.25) is 0 Å². The first kappa shape index (κ1) is 12.6. The molecule has 0 heterocycles. The highest BCUT2D eigenvalue weighted by molar-refractivity contribution is 5.14. The summed E-state index contributed by atoms with van der Waals surface area (Å²) in [4.78, 5) is 0. The second-order valence-corrected chi connectivity index (χ2v) is 5.30. The Kier molecular flexibility index (Phi) is 5.57. The van der Waals surface area contributed by atoms with Crippen molar-refractivity contribution >= 4 is 0 Å². The van der Waals surface area contributed by atoms with Gasteiger partial charge in [0.15, 0.2) is 0 Å². The number of aryl methyl sites for hydroxylation is 1. The van der Waals surface area contributed by atoms with Gasteiger partial charge in [-0.15, -0.1) is 0 Å². The van der Waals surface area contributed by atoms with Gasteiger partial charge >= 0.3 is 0 Å². The van der Waals surface area contributed by atoms with Crippen LogP contribution >= 0.6 is 0 Å². The van der Waals surface area contributed by atoms with E-state index in [4.69, 9.17) is 0 Å². The quantitative estimate of drug-likeness (QED) is 0.735. The summed E-state index contributed by atoms with van der Waals surface area (Å²) in [5.41, 5.74) is 1.46. The Morgan fingerprint density at radius 3 is 2.53 bits per heavy atom. The molecule has 0 spiro atoms. The molecule has 1 aliphatic rings. The van der Waals surface area contributed by atoms with E-state index in [-0.39, 0.29) is 0 Å². The van der Waals surface area contributed by atoms with Crippen LogP contribution in [-0.2, 0) is 6.42 Å². The summed E-state index contributed by atoms with van der Waals surface area (Å²) in [6.45, 7) is 2.42. The molecule has 0 aliphatic heterocycles. The van der Waals surface area contributed by atoms with Crippen molar-refractivity contribution in [1.29, 1.82) is 0 Å². The lowest BCUT2D eigenvalue weighted by atomic mass is 9.89. The van der Waals surface area contributed by atoms with E-state index in [2.05, 4.69) is 35.6 Å². The molecule has 1 N–H and O–H groups in total. The Morgan fingerprint density at radius 1 is 1.00 bits per heavy atom. The van der Waals surface area contributed by atoms with Gasteiger partial charge in [0.1, 0.15) is 0 Å². The third-order valence-corrected chi connectivity index (χ3v) is 3.82. The Morgan fingerprint density at radius 2 is 1.76 bits per heavy atom. The molecule has 1 heteroatoms. The zero-order valence-corrected chi connectivity index (χ0v) is 10.8. The Bertz CT molecular complexity index is 288. The van der Waals surface area contributed by atoms with Crippen molar-refractivity contribution in [3.63, 3.8) is 0 Å². The van der Waals surface area contributed by atoms with Gasteiger partial charge in [0.05, 0.1) is 0 Å². The molecule has 0 amide bonds. The Labute approximate surface area is 106 Å². The molecular weight excluding hydrogens is 206 g/mol. The Hall–Kier alpha value is -0.820. The second kappa shape index (κ2) is 7.50. The van der Waals surface area contributed by atoms with Crippen molar-refractivity contribution in [1.82, 2.24) is 5.32 Å². The van der Waals surface area contributed by atoms with Gasteiger partial charge in [-0.05, 0) is 50.3 Å². The van der Waals surface area contributed by atoms with E-state index in [9.17, 15) is 0 Å². The molecule has 1 aromatic carbocycles. The summed E-state index contributed by atoms with van der Waals surface area (Å²) in [6, 6.07) is 10.8. The minimum Gasteiger partial charge on any atom is -0.316 e. The first-order valence-corrected chi connectivity index (χ1v) is 7.20. The fraction of sp³-hybridized carbons (Fsp3) is 0.625. The van der Waals surface area contributed by atoms with E-state index >= 15 is 0 Å². The first-order valence-electron chi connectivity index (χ1n) is 7.20. The number of hydrogen-bond acceptors (Lipinski definition) is 1. The van der Waals surface area contributed by atoms with Gasteiger partial charge in [-0.3, -0.25) is 0 Å². The minimum absolute atomic E-state index is 0.959. The van der Waals surface area contributed by atoms with Gasteiger partial charge in [-0.25, -0.2) is 0 Å². The average Bonchev–Trinajstić information content (AvgIpc) is 2.41. The fourth-order valence-corrected chi connectivity index (χ4v) is 2.76. The lowest BCUT2D eigenvalue weighted by molar-refractivity contribution is 0.342. The van der Waals surface area contributed by atoms with Crippen LogP contribution in [0.15, 0.2) is 30.3 Å². The predicted molar refractivity (Wildman–Crippen MR) is 74.2 cm³/mol. The second-order valence-electron chi connectivity index (χ2n) is 5.30. The third kappa shape index (κ3) is 4.91.